The number of unbranched alkanes of at least 4 members (excludes halogenated alkanes) is 2. The molecule has 0 amide bonds. The first-order chi connectivity index (χ1) is 14.2. The number of hydrogen-bond donors (Lipinski definition) is 0. The zero-order valence-electron chi connectivity index (χ0n) is 17.9. The third-order valence-electron chi connectivity index (χ3n) is 5.63. The molecule has 0 nitrogen and oxygen atoms in total. The van der Waals surface area contributed by atoms with Crippen molar-refractivity contribution in [3.63, 3.8) is 0 Å². The van der Waals surface area contributed by atoms with Gasteiger partial charge in [-0.2, -0.15) is 0 Å². The van der Waals surface area contributed by atoms with Gasteiger partial charge in [-0.1, -0.05) is 93.8 Å². The standard InChI is InChI=1S/C28H33F/c1-3-5-6-8-22-9-11-23(12-10-22)13-14-24-15-18-26(19-16-24)27-20-17-25(7-4-2)21-28(27)29/h9-12,15-21H,3-8,13-14H2,1-2H3. The van der Waals surface area contributed by atoms with E-state index in [2.05, 4.69) is 50.2 Å². The van der Waals surface area contributed by atoms with E-state index in [1.807, 2.05) is 24.3 Å². The van der Waals surface area contributed by atoms with Gasteiger partial charge < -0.3 is 0 Å². The average Bonchev–Trinajstić information content (AvgIpc) is 2.74. The van der Waals surface area contributed by atoms with Gasteiger partial charge in [-0.3, -0.25) is 0 Å². The summed E-state index contributed by atoms with van der Waals surface area (Å²) >= 11 is 0. The van der Waals surface area contributed by atoms with Gasteiger partial charge in [0.1, 0.15) is 5.82 Å². The quantitative estimate of drug-likeness (QED) is 0.309. The van der Waals surface area contributed by atoms with E-state index in [4.69, 9.17) is 0 Å². The molecule has 0 unspecified atom stereocenters. The van der Waals surface area contributed by atoms with Crippen LogP contribution in [-0.4, -0.2) is 0 Å². The van der Waals surface area contributed by atoms with Crippen molar-refractivity contribution in [2.24, 2.45) is 0 Å². The summed E-state index contributed by atoms with van der Waals surface area (Å²) in [5.41, 5.74) is 6.83. The van der Waals surface area contributed by atoms with Gasteiger partial charge in [-0.05, 0) is 66.0 Å². The van der Waals surface area contributed by atoms with Crippen LogP contribution < -0.4 is 0 Å². The van der Waals surface area contributed by atoms with Crippen LogP contribution in [0.2, 0.25) is 0 Å². The highest BCUT2D eigenvalue weighted by Gasteiger charge is 2.06. The molecule has 0 saturated carbocycles. The Kier molecular flexibility index (Phi) is 8.04. The van der Waals surface area contributed by atoms with E-state index in [1.54, 1.807) is 6.07 Å². The van der Waals surface area contributed by atoms with Crippen LogP contribution in [0.5, 0.6) is 0 Å². The molecular formula is C28H33F. The predicted molar refractivity (Wildman–Crippen MR) is 123 cm³/mol. The molecule has 0 aliphatic heterocycles. The van der Waals surface area contributed by atoms with E-state index in [0.717, 1.165) is 36.8 Å². The van der Waals surface area contributed by atoms with Crippen LogP contribution in [0, 0.1) is 5.82 Å². The topological polar surface area (TPSA) is 0 Å². The van der Waals surface area contributed by atoms with Crippen molar-refractivity contribution in [1.82, 2.24) is 0 Å². The van der Waals surface area contributed by atoms with E-state index in [-0.39, 0.29) is 5.82 Å². The van der Waals surface area contributed by atoms with Gasteiger partial charge in [0.05, 0.1) is 0 Å². The van der Waals surface area contributed by atoms with Crippen molar-refractivity contribution in [3.8, 4) is 11.1 Å². The molecule has 3 aromatic carbocycles. The Bertz CT molecular complexity index is 875. The Morgan fingerprint density at radius 2 is 1.10 bits per heavy atom. The normalized spacial score (nSPS) is 11.0. The smallest absolute Gasteiger partial charge is 0.131 e. The van der Waals surface area contributed by atoms with Crippen molar-refractivity contribution in [2.45, 2.75) is 65.2 Å². The Morgan fingerprint density at radius 3 is 1.66 bits per heavy atom. The van der Waals surface area contributed by atoms with Crippen LogP contribution in [0.4, 0.5) is 4.39 Å². The molecule has 0 N–H and O–H groups in total. The van der Waals surface area contributed by atoms with Gasteiger partial charge in [-0.15, -0.1) is 0 Å². The first-order valence-corrected chi connectivity index (χ1v) is 11.1. The fourth-order valence-corrected chi connectivity index (χ4v) is 3.83. The molecule has 152 valence electrons. The number of rotatable bonds is 10. The molecule has 3 rings (SSSR count). The van der Waals surface area contributed by atoms with E-state index in [1.165, 1.54) is 42.4 Å². The molecule has 0 saturated heterocycles. The molecule has 0 radical (unpaired) electrons. The van der Waals surface area contributed by atoms with Crippen molar-refractivity contribution in [3.05, 3.63) is 94.8 Å². The SMILES string of the molecule is CCCCCc1ccc(CCc2ccc(-c3ccc(CCC)cc3F)cc2)cc1. The summed E-state index contributed by atoms with van der Waals surface area (Å²) in [4.78, 5) is 0. The highest BCUT2D eigenvalue weighted by atomic mass is 19.1. The average molecular weight is 389 g/mol. The fourth-order valence-electron chi connectivity index (χ4n) is 3.83. The van der Waals surface area contributed by atoms with Crippen molar-refractivity contribution >= 4 is 0 Å². The highest BCUT2D eigenvalue weighted by Crippen LogP contribution is 2.25. The van der Waals surface area contributed by atoms with E-state index in [0.29, 0.717) is 5.56 Å². The zero-order chi connectivity index (χ0) is 20.5. The van der Waals surface area contributed by atoms with Crippen molar-refractivity contribution in [1.29, 1.82) is 0 Å². The lowest BCUT2D eigenvalue weighted by Crippen LogP contribution is -1.93. The van der Waals surface area contributed by atoms with Gasteiger partial charge in [-0.25, -0.2) is 4.39 Å². The zero-order valence-corrected chi connectivity index (χ0v) is 17.9. The minimum atomic E-state index is -0.122. The number of benzene rings is 3. The van der Waals surface area contributed by atoms with Crippen LogP contribution in [0.1, 0.15) is 61.8 Å². The van der Waals surface area contributed by atoms with Crippen LogP contribution in [0.3, 0.4) is 0 Å². The monoisotopic (exact) mass is 388 g/mol. The second-order valence-corrected chi connectivity index (χ2v) is 8.03. The third-order valence-corrected chi connectivity index (χ3v) is 5.63. The first-order valence-electron chi connectivity index (χ1n) is 11.1. The predicted octanol–water partition coefficient (Wildman–Crippen LogP) is 7.96. The number of hydrogen-bond acceptors (Lipinski definition) is 0. The molecule has 0 heterocycles. The summed E-state index contributed by atoms with van der Waals surface area (Å²) in [7, 11) is 0. The highest BCUT2D eigenvalue weighted by molar-refractivity contribution is 5.64. The van der Waals surface area contributed by atoms with Crippen LogP contribution >= 0.6 is 0 Å². The molecule has 0 atom stereocenters. The first kappa shape index (κ1) is 21.3. The third kappa shape index (κ3) is 6.29. The lowest BCUT2D eigenvalue weighted by atomic mass is 9.98. The second kappa shape index (κ2) is 11.0. The van der Waals surface area contributed by atoms with Gasteiger partial charge in [0.25, 0.3) is 0 Å². The van der Waals surface area contributed by atoms with Crippen molar-refractivity contribution < 1.29 is 4.39 Å². The van der Waals surface area contributed by atoms with Crippen molar-refractivity contribution in [2.75, 3.05) is 0 Å². The van der Waals surface area contributed by atoms with Gasteiger partial charge in [0.2, 0.25) is 0 Å². The lowest BCUT2D eigenvalue weighted by molar-refractivity contribution is 0.628. The number of halogens is 1. The minimum absolute atomic E-state index is 0.122. The summed E-state index contributed by atoms with van der Waals surface area (Å²) in [6.45, 7) is 4.36. The Morgan fingerprint density at radius 1 is 0.552 bits per heavy atom. The summed E-state index contributed by atoms with van der Waals surface area (Å²) in [6, 6.07) is 23.1. The van der Waals surface area contributed by atoms with Crippen LogP contribution in [0.25, 0.3) is 11.1 Å². The van der Waals surface area contributed by atoms with Crippen LogP contribution in [0.15, 0.2) is 66.7 Å². The fraction of sp³-hybridized carbons (Fsp3) is 0.357. The molecule has 0 spiro atoms. The Balaban J connectivity index is 1.57. The van der Waals surface area contributed by atoms with E-state index in [9.17, 15) is 4.39 Å². The van der Waals surface area contributed by atoms with Gasteiger partial charge >= 0.3 is 0 Å². The molecule has 0 aromatic heterocycles. The molecule has 1 heteroatoms. The van der Waals surface area contributed by atoms with E-state index < -0.39 is 0 Å². The molecule has 29 heavy (non-hydrogen) atoms. The molecule has 3 aromatic rings. The molecule has 0 bridgehead atoms. The summed E-state index contributed by atoms with van der Waals surface area (Å²) in [5.74, 6) is -0.122. The minimum Gasteiger partial charge on any atom is -0.206 e. The second-order valence-electron chi connectivity index (χ2n) is 8.03. The van der Waals surface area contributed by atoms with Gasteiger partial charge in [0, 0.05) is 5.56 Å². The summed E-state index contributed by atoms with van der Waals surface area (Å²) < 4.78 is 14.5. The number of aryl methyl sites for hydroxylation is 4. The summed E-state index contributed by atoms with van der Waals surface area (Å²) in [5, 5.41) is 0. The lowest BCUT2D eigenvalue weighted by Gasteiger charge is -2.08. The maximum atomic E-state index is 14.5. The molecule has 0 aliphatic carbocycles. The summed E-state index contributed by atoms with van der Waals surface area (Å²) in [6.07, 6.45) is 9.06. The molecule has 0 fully saturated rings. The Hall–Kier alpha value is -2.41. The molecular weight excluding hydrogens is 355 g/mol. The maximum absolute atomic E-state index is 14.5. The molecule has 0 aliphatic rings. The van der Waals surface area contributed by atoms with Gasteiger partial charge in [0.15, 0.2) is 0 Å². The Labute approximate surface area is 175 Å². The maximum Gasteiger partial charge on any atom is 0.131 e. The van der Waals surface area contributed by atoms with Crippen LogP contribution in [-0.2, 0) is 25.7 Å². The largest absolute Gasteiger partial charge is 0.206 e. The van der Waals surface area contributed by atoms with E-state index >= 15 is 0 Å².